The van der Waals surface area contributed by atoms with Crippen molar-refractivity contribution >= 4 is 17.0 Å². The fourth-order valence-corrected chi connectivity index (χ4v) is 4.40. The minimum Gasteiger partial charge on any atom is -0.378 e. The Morgan fingerprint density at radius 1 is 0.903 bits per heavy atom. The average Bonchev–Trinajstić information content (AvgIpc) is 3.43. The SMILES string of the molecule is C=C(C1=C(c2ccc(N(C)C)cc2)CC(c2ccc(C(C)(C)C)cc2)=N1)N1CCCC1. The van der Waals surface area contributed by atoms with Gasteiger partial charge in [-0.3, -0.25) is 0 Å². The molecule has 0 unspecified atom stereocenters. The topological polar surface area (TPSA) is 18.8 Å². The summed E-state index contributed by atoms with van der Waals surface area (Å²) in [5.41, 5.74) is 9.73. The Morgan fingerprint density at radius 2 is 1.48 bits per heavy atom. The quantitative estimate of drug-likeness (QED) is 0.576. The van der Waals surface area contributed by atoms with Crippen LogP contribution in [0.5, 0.6) is 0 Å². The standard InChI is InChI=1S/C28H35N3/c1-20(31-17-7-8-18-31)27-25(21-11-15-24(16-12-21)30(5)6)19-26(29-27)22-9-13-23(14-10-22)28(2,3)4/h9-16H,1,7-8,17-19H2,2-6H3. The molecule has 0 atom stereocenters. The van der Waals surface area contributed by atoms with Crippen molar-refractivity contribution in [2.24, 2.45) is 4.99 Å². The van der Waals surface area contributed by atoms with Gasteiger partial charge in [0.25, 0.3) is 0 Å². The van der Waals surface area contributed by atoms with Gasteiger partial charge >= 0.3 is 0 Å². The van der Waals surface area contributed by atoms with Gasteiger partial charge in [-0.25, -0.2) is 4.99 Å². The number of anilines is 1. The molecule has 0 bridgehead atoms. The van der Waals surface area contributed by atoms with Crippen molar-refractivity contribution in [1.29, 1.82) is 0 Å². The molecule has 2 aromatic carbocycles. The lowest BCUT2D eigenvalue weighted by Crippen LogP contribution is -2.18. The maximum absolute atomic E-state index is 5.15. The Balaban J connectivity index is 1.68. The van der Waals surface area contributed by atoms with E-state index in [1.54, 1.807) is 0 Å². The number of hydrogen-bond donors (Lipinski definition) is 0. The van der Waals surface area contributed by atoms with Gasteiger partial charge in [-0.05, 0) is 52.7 Å². The van der Waals surface area contributed by atoms with Crippen LogP contribution < -0.4 is 4.90 Å². The van der Waals surface area contributed by atoms with E-state index >= 15 is 0 Å². The summed E-state index contributed by atoms with van der Waals surface area (Å²) in [6, 6.07) is 17.8. The van der Waals surface area contributed by atoms with Crippen molar-refractivity contribution in [2.45, 2.75) is 45.4 Å². The van der Waals surface area contributed by atoms with E-state index in [-0.39, 0.29) is 5.41 Å². The normalized spacial score (nSPS) is 16.7. The van der Waals surface area contributed by atoms with E-state index < -0.39 is 0 Å². The zero-order valence-corrected chi connectivity index (χ0v) is 19.7. The molecule has 0 N–H and O–H groups in total. The van der Waals surface area contributed by atoms with Crippen LogP contribution >= 0.6 is 0 Å². The maximum atomic E-state index is 5.15. The monoisotopic (exact) mass is 413 g/mol. The van der Waals surface area contributed by atoms with E-state index in [1.807, 2.05) is 0 Å². The largest absolute Gasteiger partial charge is 0.378 e. The third-order valence-electron chi connectivity index (χ3n) is 6.45. The van der Waals surface area contributed by atoms with E-state index in [2.05, 4.69) is 99.8 Å². The smallest absolute Gasteiger partial charge is 0.0902 e. The molecule has 2 aliphatic heterocycles. The number of likely N-dealkylation sites (tertiary alicyclic amines) is 1. The van der Waals surface area contributed by atoms with E-state index in [9.17, 15) is 0 Å². The molecule has 0 radical (unpaired) electrons. The Bertz CT molecular complexity index is 1010. The van der Waals surface area contributed by atoms with Gasteiger partial charge < -0.3 is 9.80 Å². The Labute approximate surface area is 187 Å². The number of hydrogen-bond acceptors (Lipinski definition) is 3. The van der Waals surface area contributed by atoms with Gasteiger partial charge in [0.2, 0.25) is 0 Å². The first-order chi connectivity index (χ1) is 14.7. The number of nitrogens with zero attached hydrogens (tertiary/aromatic N) is 3. The minimum atomic E-state index is 0.156. The molecule has 3 nitrogen and oxygen atoms in total. The van der Waals surface area contributed by atoms with Crippen LogP contribution in [-0.4, -0.2) is 37.8 Å². The van der Waals surface area contributed by atoms with Crippen LogP contribution in [0.3, 0.4) is 0 Å². The maximum Gasteiger partial charge on any atom is 0.0902 e. The zero-order chi connectivity index (χ0) is 22.2. The highest BCUT2D eigenvalue weighted by Crippen LogP contribution is 2.37. The second-order valence-corrected chi connectivity index (χ2v) is 9.97. The van der Waals surface area contributed by atoms with Crippen molar-refractivity contribution in [1.82, 2.24) is 4.90 Å². The third kappa shape index (κ3) is 4.46. The number of benzene rings is 2. The number of rotatable bonds is 5. The summed E-state index contributed by atoms with van der Waals surface area (Å²) in [6.07, 6.45) is 3.33. The summed E-state index contributed by atoms with van der Waals surface area (Å²) in [5.74, 6) is 0. The minimum absolute atomic E-state index is 0.156. The van der Waals surface area contributed by atoms with Crippen LogP contribution in [-0.2, 0) is 5.41 Å². The molecule has 2 heterocycles. The van der Waals surface area contributed by atoms with Crippen LogP contribution in [0.25, 0.3) is 5.57 Å². The van der Waals surface area contributed by atoms with Gasteiger partial charge in [-0.1, -0.05) is 63.7 Å². The second kappa shape index (κ2) is 8.37. The number of allylic oxidation sites excluding steroid dienone is 1. The fraction of sp³-hybridized carbons (Fsp3) is 0.393. The van der Waals surface area contributed by atoms with Gasteiger partial charge in [0.05, 0.1) is 17.1 Å². The lowest BCUT2D eigenvalue weighted by molar-refractivity contribution is 0.436. The van der Waals surface area contributed by atoms with Crippen LogP contribution in [0.4, 0.5) is 5.69 Å². The molecule has 1 saturated heterocycles. The molecule has 31 heavy (non-hydrogen) atoms. The molecule has 0 spiro atoms. The van der Waals surface area contributed by atoms with Gasteiger partial charge in [0, 0.05) is 39.3 Å². The fourth-order valence-electron chi connectivity index (χ4n) is 4.40. The van der Waals surface area contributed by atoms with E-state index in [0.29, 0.717) is 0 Å². The predicted octanol–water partition coefficient (Wildman–Crippen LogP) is 6.26. The molecular formula is C28H35N3. The second-order valence-electron chi connectivity index (χ2n) is 9.97. The van der Waals surface area contributed by atoms with Gasteiger partial charge in [0.15, 0.2) is 0 Å². The van der Waals surface area contributed by atoms with Crippen molar-refractivity contribution in [2.75, 3.05) is 32.1 Å². The molecular weight excluding hydrogens is 378 g/mol. The van der Waals surface area contributed by atoms with Crippen molar-refractivity contribution in [3.05, 3.63) is 83.2 Å². The van der Waals surface area contributed by atoms with Crippen LogP contribution in [0, 0.1) is 0 Å². The molecule has 2 aromatic rings. The zero-order valence-electron chi connectivity index (χ0n) is 19.7. The lowest BCUT2D eigenvalue weighted by Gasteiger charge is -2.21. The molecule has 3 heteroatoms. The molecule has 0 aliphatic carbocycles. The number of aliphatic imine (C=N–C) groups is 1. The molecule has 162 valence electrons. The van der Waals surface area contributed by atoms with Crippen LogP contribution in [0.15, 0.2) is 71.5 Å². The van der Waals surface area contributed by atoms with Gasteiger partial charge in [-0.2, -0.15) is 0 Å². The molecule has 0 saturated carbocycles. The third-order valence-corrected chi connectivity index (χ3v) is 6.45. The predicted molar refractivity (Wildman–Crippen MR) is 134 cm³/mol. The summed E-state index contributed by atoms with van der Waals surface area (Å²) < 4.78 is 0. The van der Waals surface area contributed by atoms with Crippen molar-refractivity contribution in [3.63, 3.8) is 0 Å². The van der Waals surface area contributed by atoms with E-state index in [4.69, 9.17) is 4.99 Å². The first-order valence-electron chi connectivity index (χ1n) is 11.4. The Hall–Kier alpha value is -2.81. The van der Waals surface area contributed by atoms with Gasteiger partial charge in [0.1, 0.15) is 0 Å². The summed E-state index contributed by atoms with van der Waals surface area (Å²) in [7, 11) is 4.15. The Kier molecular flexibility index (Phi) is 5.79. The molecule has 4 rings (SSSR count). The summed E-state index contributed by atoms with van der Waals surface area (Å²) >= 11 is 0. The highest BCUT2D eigenvalue weighted by Gasteiger charge is 2.26. The summed E-state index contributed by atoms with van der Waals surface area (Å²) in [5, 5.41) is 0. The van der Waals surface area contributed by atoms with Crippen molar-refractivity contribution < 1.29 is 0 Å². The average molecular weight is 414 g/mol. The van der Waals surface area contributed by atoms with Crippen molar-refractivity contribution in [3.8, 4) is 0 Å². The highest BCUT2D eigenvalue weighted by atomic mass is 15.2. The van der Waals surface area contributed by atoms with Crippen LogP contribution in [0.1, 0.15) is 56.7 Å². The molecule has 2 aliphatic rings. The van der Waals surface area contributed by atoms with E-state index in [0.717, 1.165) is 36.6 Å². The molecule has 0 aromatic heterocycles. The van der Waals surface area contributed by atoms with E-state index in [1.165, 1.54) is 40.8 Å². The first-order valence-corrected chi connectivity index (χ1v) is 11.4. The first kappa shape index (κ1) is 21.4. The molecule has 1 fully saturated rings. The Morgan fingerprint density at radius 3 is 2.03 bits per heavy atom. The van der Waals surface area contributed by atoms with Crippen LogP contribution in [0.2, 0.25) is 0 Å². The van der Waals surface area contributed by atoms with Gasteiger partial charge in [-0.15, -0.1) is 0 Å². The lowest BCUT2D eigenvalue weighted by atomic mass is 9.86. The molecule has 0 amide bonds. The summed E-state index contributed by atoms with van der Waals surface area (Å²) in [6.45, 7) is 13.4. The summed E-state index contributed by atoms with van der Waals surface area (Å²) in [4.78, 5) is 9.69. The highest BCUT2D eigenvalue weighted by molar-refractivity contribution is 6.10.